The number of carbonyl (C=O) groups excluding carboxylic acids is 1. The van der Waals surface area contributed by atoms with Crippen LogP contribution in [0.2, 0.25) is 0 Å². The second kappa shape index (κ2) is 6.65. The van der Waals surface area contributed by atoms with Gasteiger partial charge >= 0.3 is 0 Å². The summed E-state index contributed by atoms with van der Waals surface area (Å²) in [6, 6.07) is 11.9. The highest BCUT2D eigenvalue weighted by molar-refractivity contribution is 5.97. The summed E-state index contributed by atoms with van der Waals surface area (Å²) in [4.78, 5) is 12.4. The molecule has 0 radical (unpaired) electrons. The van der Waals surface area contributed by atoms with Crippen LogP contribution in [-0.2, 0) is 4.79 Å². The van der Waals surface area contributed by atoms with Gasteiger partial charge in [0.1, 0.15) is 6.04 Å². The number of rotatable bonds is 4. The van der Waals surface area contributed by atoms with E-state index in [4.69, 9.17) is 0 Å². The molecule has 0 spiro atoms. The third-order valence-electron chi connectivity index (χ3n) is 3.73. The Morgan fingerprint density at radius 1 is 0.955 bits per heavy atom. The summed E-state index contributed by atoms with van der Waals surface area (Å²) >= 11 is 0. The molecule has 2 rings (SSSR count). The van der Waals surface area contributed by atoms with Gasteiger partial charge in [-0.25, -0.2) is 0 Å². The van der Waals surface area contributed by atoms with Gasteiger partial charge in [-0.1, -0.05) is 24.3 Å². The molecule has 0 fully saturated rings. The number of benzene rings is 2. The van der Waals surface area contributed by atoms with Crippen LogP contribution in [0.25, 0.3) is 0 Å². The van der Waals surface area contributed by atoms with Gasteiger partial charge in [0.15, 0.2) is 0 Å². The van der Waals surface area contributed by atoms with Crippen molar-refractivity contribution in [2.45, 2.75) is 40.7 Å². The molecule has 0 heterocycles. The summed E-state index contributed by atoms with van der Waals surface area (Å²) in [5.74, 6) is -0.0310. The van der Waals surface area contributed by atoms with Crippen LogP contribution < -0.4 is 10.6 Å². The number of aryl methyl sites for hydroxylation is 4. The van der Waals surface area contributed by atoms with E-state index >= 15 is 0 Å². The maximum Gasteiger partial charge on any atom is 0.246 e. The summed E-state index contributed by atoms with van der Waals surface area (Å²) in [7, 11) is 0. The Labute approximate surface area is 132 Å². The average Bonchev–Trinajstić information content (AvgIpc) is 2.41. The third kappa shape index (κ3) is 3.88. The van der Waals surface area contributed by atoms with Crippen molar-refractivity contribution >= 4 is 17.3 Å². The zero-order valence-corrected chi connectivity index (χ0v) is 13.9. The van der Waals surface area contributed by atoms with Crippen molar-refractivity contribution in [1.82, 2.24) is 0 Å². The van der Waals surface area contributed by atoms with Gasteiger partial charge < -0.3 is 10.6 Å². The quantitative estimate of drug-likeness (QED) is 0.880. The van der Waals surface area contributed by atoms with Crippen LogP contribution in [-0.4, -0.2) is 11.9 Å². The van der Waals surface area contributed by atoms with Gasteiger partial charge in [-0.3, -0.25) is 4.79 Å². The van der Waals surface area contributed by atoms with Crippen LogP contribution >= 0.6 is 0 Å². The molecule has 0 aromatic heterocycles. The molecular weight excluding hydrogens is 272 g/mol. The molecule has 116 valence electrons. The number of hydrogen-bond donors (Lipinski definition) is 2. The zero-order valence-electron chi connectivity index (χ0n) is 13.9. The Morgan fingerprint density at radius 3 is 2.05 bits per heavy atom. The first-order chi connectivity index (χ1) is 10.4. The van der Waals surface area contributed by atoms with Crippen molar-refractivity contribution in [1.29, 1.82) is 0 Å². The van der Waals surface area contributed by atoms with E-state index in [1.165, 1.54) is 11.1 Å². The van der Waals surface area contributed by atoms with E-state index in [9.17, 15) is 4.79 Å². The van der Waals surface area contributed by atoms with Gasteiger partial charge in [0.05, 0.1) is 0 Å². The number of anilines is 2. The Hall–Kier alpha value is -2.29. The van der Waals surface area contributed by atoms with Gasteiger partial charge in [0.25, 0.3) is 0 Å². The minimum Gasteiger partial charge on any atom is -0.374 e. The van der Waals surface area contributed by atoms with Crippen molar-refractivity contribution in [2.24, 2.45) is 0 Å². The standard InChI is InChI=1S/C19H24N2O/c1-12-9-13(2)11-17(10-12)20-16(5)19(22)21-18-14(3)7-6-8-15(18)4/h6-11,16,20H,1-5H3,(H,21,22). The smallest absolute Gasteiger partial charge is 0.246 e. The Morgan fingerprint density at radius 2 is 1.50 bits per heavy atom. The van der Waals surface area contributed by atoms with E-state index in [2.05, 4.69) is 42.7 Å². The lowest BCUT2D eigenvalue weighted by molar-refractivity contribution is -0.116. The lowest BCUT2D eigenvalue weighted by atomic mass is 10.1. The van der Waals surface area contributed by atoms with Gasteiger partial charge in [-0.15, -0.1) is 0 Å². The maximum absolute atomic E-state index is 12.4. The molecule has 0 bridgehead atoms. The number of hydrogen-bond acceptors (Lipinski definition) is 2. The molecular formula is C19H24N2O. The lowest BCUT2D eigenvalue weighted by Gasteiger charge is -2.18. The van der Waals surface area contributed by atoms with Crippen molar-refractivity contribution in [2.75, 3.05) is 10.6 Å². The molecule has 0 aliphatic heterocycles. The molecule has 3 nitrogen and oxygen atoms in total. The molecule has 2 N–H and O–H groups in total. The second-order valence-corrected chi connectivity index (χ2v) is 6.00. The van der Waals surface area contributed by atoms with E-state index < -0.39 is 0 Å². The summed E-state index contributed by atoms with van der Waals surface area (Å²) in [6.45, 7) is 10.00. The molecule has 0 saturated carbocycles. The van der Waals surface area contributed by atoms with Crippen molar-refractivity contribution in [3.8, 4) is 0 Å². The molecule has 0 aliphatic carbocycles. The number of para-hydroxylation sites is 1. The van der Waals surface area contributed by atoms with Gasteiger partial charge in [-0.2, -0.15) is 0 Å². The summed E-state index contributed by atoms with van der Waals surface area (Å²) in [6.07, 6.45) is 0. The van der Waals surface area contributed by atoms with Gasteiger partial charge in [0.2, 0.25) is 5.91 Å². The van der Waals surface area contributed by atoms with Crippen LogP contribution in [0.1, 0.15) is 29.2 Å². The average molecular weight is 296 g/mol. The van der Waals surface area contributed by atoms with E-state index in [0.717, 1.165) is 22.5 Å². The fourth-order valence-corrected chi connectivity index (χ4v) is 2.62. The van der Waals surface area contributed by atoms with Crippen LogP contribution in [0.4, 0.5) is 11.4 Å². The third-order valence-corrected chi connectivity index (χ3v) is 3.73. The van der Waals surface area contributed by atoms with Gasteiger partial charge in [0, 0.05) is 11.4 Å². The minimum atomic E-state index is -0.305. The summed E-state index contributed by atoms with van der Waals surface area (Å²) in [5.41, 5.74) is 6.40. The number of amides is 1. The largest absolute Gasteiger partial charge is 0.374 e. The molecule has 1 amide bonds. The second-order valence-electron chi connectivity index (χ2n) is 6.00. The highest BCUT2D eigenvalue weighted by Gasteiger charge is 2.15. The van der Waals surface area contributed by atoms with Crippen LogP contribution in [0.3, 0.4) is 0 Å². The normalized spacial score (nSPS) is 11.9. The van der Waals surface area contributed by atoms with Crippen LogP contribution in [0, 0.1) is 27.7 Å². The lowest BCUT2D eigenvalue weighted by Crippen LogP contribution is -2.32. The summed E-state index contributed by atoms with van der Waals surface area (Å²) < 4.78 is 0. The fourth-order valence-electron chi connectivity index (χ4n) is 2.62. The Kier molecular flexibility index (Phi) is 4.86. The van der Waals surface area contributed by atoms with Crippen molar-refractivity contribution in [3.63, 3.8) is 0 Å². The Bertz CT molecular complexity index is 651. The molecule has 0 saturated heterocycles. The fraction of sp³-hybridized carbons (Fsp3) is 0.316. The SMILES string of the molecule is Cc1cc(C)cc(NC(C)C(=O)Nc2c(C)cccc2C)c1. The predicted molar refractivity (Wildman–Crippen MR) is 93.5 cm³/mol. The number of nitrogens with one attached hydrogen (secondary N) is 2. The zero-order chi connectivity index (χ0) is 16.3. The molecule has 2 aromatic carbocycles. The molecule has 1 unspecified atom stereocenters. The molecule has 3 heteroatoms. The van der Waals surface area contributed by atoms with E-state index in [0.29, 0.717) is 0 Å². The molecule has 2 aromatic rings. The Balaban J connectivity index is 2.09. The maximum atomic E-state index is 12.4. The highest BCUT2D eigenvalue weighted by atomic mass is 16.2. The first-order valence-electron chi connectivity index (χ1n) is 7.58. The monoisotopic (exact) mass is 296 g/mol. The minimum absolute atomic E-state index is 0.0310. The van der Waals surface area contributed by atoms with E-state index in [1.807, 2.05) is 39.0 Å². The topological polar surface area (TPSA) is 41.1 Å². The van der Waals surface area contributed by atoms with Crippen molar-refractivity contribution in [3.05, 3.63) is 58.7 Å². The predicted octanol–water partition coefficient (Wildman–Crippen LogP) is 4.36. The molecule has 0 aliphatic rings. The van der Waals surface area contributed by atoms with Gasteiger partial charge in [-0.05, 0) is 69.0 Å². The van der Waals surface area contributed by atoms with Crippen molar-refractivity contribution < 1.29 is 4.79 Å². The van der Waals surface area contributed by atoms with E-state index in [-0.39, 0.29) is 11.9 Å². The first kappa shape index (κ1) is 16.1. The highest BCUT2D eigenvalue weighted by Crippen LogP contribution is 2.20. The first-order valence-corrected chi connectivity index (χ1v) is 7.58. The molecule has 1 atom stereocenters. The molecule has 22 heavy (non-hydrogen) atoms. The van der Waals surface area contributed by atoms with Crippen LogP contribution in [0.5, 0.6) is 0 Å². The van der Waals surface area contributed by atoms with Crippen LogP contribution in [0.15, 0.2) is 36.4 Å². The summed E-state index contributed by atoms with van der Waals surface area (Å²) in [5, 5.41) is 6.30. The van der Waals surface area contributed by atoms with E-state index in [1.54, 1.807) is 0 Å². The number of carbonyl (C=O) groups is 1.